The lowest BCUT2D eigenvalue weighted by molar-refractivity contribution is -0.173. The molecule has 172 valence electrons. The van der Waals surface area contributed by atoms with Gasteiger partial charge in [-0.1, -0.05) is 36.4 Å². The Kier molecular flexibility index (Phi) is 3.66. The number of pyridine rings is 1. The third kappa shape index (κ3) is 2.25. The number of phenols is 1. The van der Waals surface area contributed by atoms with Gasteiger partial charge in [0.1, 0.15) is 0 Å². The number of hydrogen-bond donors (Lipinski definition) is 2. The Morgan fingerprint density at radius 2 is 1.94 bits per heavy atom. The molecule has 2 unspecified atom stereocenters. The van der Waals surface area contributed by atoms with Gasteiger partial charge in [-0.05, 0) is 72.5 Å². The summed E-state index contributed by atoms with van der Waals surface area (Å²) in [5.41, 5.74) is 4.97. The number of fused-ring (bicyclic) bond motifs is 2. The Hall–Kier alpha value is -2.89. The molecule has 3 aliphatic carbocycles. The van der Waals surface area contributed by atoms with Crippen LogP contribution in [0.3, 0.4) is 0 Å². The SMILES string of the molecule is Oc1ccc2c3c1O[C@H]1c4nccc(-c5ccccc5)c4C[C@@]4(O)C(C2)N(CC2CC2)CCC314. The van der Waals surface area contributed by atoms with Gasteiger partial charge in [0.05, 0.1) is 16.7 Å². The number of rotatable bonds is 3. The molecule has 2 fully saturated rings. The number of piperidine rings is 1. The molecule has 34 heavy (non-hydrogen) atoms. The van der Waals surface area contributed by atoms with Crippen molar-refractivity contribution in [3.8, 4) is 22.6 Å². The zero-order valence-electron chi connectivity index (χ0n) is 19.1. The number of aromatic nitrogens is 1. The van der Waals surface area contributed by atoms with Crippen molar-refractivity contribution in [2.75, 3.05) is 13.1 Å². The van der Waals surface area contributed by atoms with Gasteiger partial charge in [0, 0.05) is 30.8 Å². The number of hydrogen-bond acceptors (Lipinski definition) is 5. The van der Waals surface area contributed by atoms with E-state index in [4.69, 9.17) is 9.72 Å². The smallest absolute Gasteiger partial charge is 0.166 e. The minimum atomic E-state index is -0.976. The topological polar surface area (TPSA) is 65.8 Å². The highest BCUT2D eigenvalue weighted by atomic mass is 16.5. The Morgan fingerprint density at radius 3 is 2.76 bits per heavy atom. The van der Waals surface area contributed by atoms with Crippen molar-refractivity contribution in [2.45, 2.75) is 55.3 Å². The number of phenolic OH excluding ortho intramolecular Hbond substituents is 1. The third-order valence-corrected chi connectivity index (χ3v) is 9.38. The molecule has 5 aliphatic rings. The molecule has 0 radical (unpaired) electrons. The Labute approximate surface area is 199 Å². The second-order valence-electron chi connectivity index (χ2n) is 11.0. The van der Waals surface area contributed by atoms with Crippen LogP contribution in [0.25, 0.3) is 11.1 Å². The van der Waals surface area contributed by atoms with Crippen molar-refractivity contribution in [2.24, 2.45) is 5.92 Å². The van der Waals surface area contributed by atoms with Gasteiger partial charge in [-0.3, -0.25) is 9.88 Å². The van der Waals surface area contributed by atoms with Crippen LogP contribution in [0.15, 0.2) is 54.7 Å². The molecule has 2 aliphatic heterocycles. The third-order valence-electron chi connectivity index (χ3n) is 9.38. The van der Waals surface area contributed by atoms with Crippen LogP contribution in [0.5, 0.6) is 11.5 Å². The van der Waals surface area contributed by atoms with Crippen LogP contribution in [0.2, 0.25) is 0 Å². The van der Waals surface area contributed by atoms with Crippen molar-refractivity contribution >= 4 is 0 Å². The van der Waals surface area contributed by atoms with E-state index in [1.807, 2.05) is 12.3 Å². The number of benzene rings is 2. The van der Waals surface area contributed by atoms with E-state index in [1.165, 1.54) is 18.4 Å². The molecule has 8 rings (SSSR count). The summed E-state index contributed by atoms with van der Waals surface area (Å²) in [5, 5.41) is 23.7. The molecule has 5 nitrogen and oxygen atoms in total. The fourth-order valence-corrected chi connectivity index (χ4v) is 7.73. The second-order valence-corrected chi connectivity index (χ2v) is 11.0. The molecule has 1 saturated heterocycles. The molecule has 1 spiro atoms. The first kappa shape index (κ1) is 19.4. The number of likely N-dealkylation sites (tertiary alicyclic amines) is 1. The van der Waals surface area contributed by atoms with Gasteiger partial charge in [0.2, 0.25) is 0 Å². The Balaban J connectivity index is 1.39. The lowest BCUT2D eigenvalue weighted by Gasteiger charge is -2.63. The number of nitrogens with zero attached hydrogens (tertiary/aromatic N) is 2. The largest absolute Gasteiger partial charge is 0.504 e. The van der Waals surface area contributed by atoms with Crippen LogP contribution in [-0.2, 0) is 18.3 Å². The zero-order chi connectivity index (χ0) is 22.7. The van der Waals surface area contributed by atoms with E-state index in [1.54, 1.807) is 6.07 Å². The summed E-state index contributed by atoms with van der Waals surface area (Å²) in [6.07, 6.45) is 6.25. The van der Waals surface area contributed by atoms with Crippen molar-refractivity contribution < 1.29 is 14.9 Å². The summed E-state index contributed by atoms with van der Waals surface area (Å²) in [6.45, 7) is 2.02. The zero-order valence-corrected chi connectivity index (χ0v) is 19.1. The molecule has 2 bridgehead atoms. The van der Waals surface area contributed by atoms with Crippen LogP contribution < -0.4 is 4.74 Å². The first-order chi connectivity index (χ1) is 16.6. The summed E-state index contributed by atoms with van der Waals surface area (Å²) < 4.78 is 6.63. The van der Waals surface area contributed by atoms with E-state index in [0.717, 1.165) is 59.8 Å². The number of aromatic hydroxyl groups is 1. The molecule has 2 N–H and O–H groups in total. The molecule has 1 saturated carbocycles. The molecule has 3 heterocycles. The van der Waals surface area contributed by atoms with Crippen LogP contribution in [0.1, 0.15) is 47.8 Å². The highest BCUT2D eigenvalue weighted by Crippen LogP contribution is 2.68. The van der Waals surface area contributed by atoms with E-state index < -0.39 is 17.1 Å². The maximum atomic E-state index is 12.9. The molecular formula is C29H28N2O3. The minimum absolute atomic E-state index is 0.0351. The van der Waals surface area contributed by atoms with Crippen molar-refractivity contribution in [3.63, 3.8) is 0 Å². The van der Waals surface area contributed by atoms with Crippen molar-refractivity contribution in [3.05, 3.63) is 77.1 Å². The summed E-state index contributed by atoms with van der Waals surface area (Å²) in [4.78, 5) is 7.44. The lowest BCUT2D eigenvalue weighted by Crippen LogP contribution is -2.74. The van der Waals surface area contributed by atoms with Gasteiger partial charge in [0.15, 0.2) is 17.6 Å². The van der Waals surface area contributed by atoms with E-state index in [2.05, 4.69) is 41.3 Å². The van der Waals surface area contributed by atoms with Gasteiger partial charge >= 0.3 is 0 Å². The van der Waals surface area contributed by atoms with Crippen LogP contribution >= 0.6 is 0 Å². The van der Waals surface area contributed by atoms with E-state index in [9.17, 15) is 10.2 Å². The van der Waals surface area contributed by atoms with Crippen LogP contribution in [-0.4, -0.2) is 44.8 Å². The lowest BCUT2D eigenvalue weighted by atomic mass is 9.48. The minimum Gasteiger partial charge on any atom is -0.504 e. The summed E-state index contributed by atoms with van der Waals surface area (Å²) in [7, 11) is 0. The molecule has 2 aromatic carbocycles. The van der Waals surface area contributed by atoms with Crippen LogP contribution in [0, 0.1) is 5.92 Å². The molecule has 3 aromatic rings. The predicted molar refractivity (Wildman–Crippen MR) is 128 cm³/mol. The summed E-state index contributed by atoms with van der Waals surface area (Å²) in [6, 6.07) is 16.3. The Bertz CT molecular complexity index is 1340. The molecule has 5 heteroatoms. The predicted octanol–water partition coefficient (Wildman–Crippen LogP) is 4.15. The van der Waals surface area contributed by atoms with E-state index >= 15 is 0 Å². The van der Waals surface area contributed by atoms with Gasteiger partial charge in [-0.2, -0.15) is 0 Å². The van der Waals surface area contributed by atoms with Gasteiger partial charge in [-0.25, -0.2) is 0 Å². The average molecular weight is 453 g/mol. The quantitative estimate of drug-likeness (QED) is 0.625. The van der Waals surface area contributed by atoms with Crippen LogP contribution in [0.4, 0.5) is 0 Å². The van der Waals surface area contributed by atoms with Crippen molar-refractivity contribution in [1.29, 1.82) is 0 Å². The fourth-order valence-electron chi connectivity index (χ4n) is 7.73. The standard InChI is InChI=1S/C29H28N2O3/c32-22-9-8-19-14-23-29(33)15-21-20(18-4-2-1-3-5-18)10-12-30-25(21)27-28(29,24(19)26(22)34-27)11-13-31(23)16-17-6-7-17/h1-5,8-10,12,17,23,27,32-33H,6-7,11,13-16H2/t23?,27-,28?,29+/m0/s1. The maximum Gasteiger partial charge on any atom is 0.166 e. The summed E-state index contributed by atoms with van der Waals surface area (Å²) in [5.74, 6) is 1.50. The van der Waals surface area contributed by atoms with Gasteiger partial charge in [-0.15, -0.1) is 0 Å². The number of aliphatic hydroxyl groups is 1. The highest BCUT2D eigenvalue weighted by molar-refractivity contribution is 5.72. The number of ether oxygens (including phenoxy) is 1. The van der Waals surface area contributed by atoms with Gasteiger partial charge < -0.3 is 14.9 Å². The monoisotopic (exact) mass is 452 g/mol. The van der Waals surface area contributed by atoms with Crippen molar-refractivity contribution in [1.82, 2.24) is 9.88 Å². The maximum absolute atomic E-state index is 12.9. The Morgan fingerprint density at radius 1 is 1.09 bits per heavy atom. The molecule has 4 atom stereocenters. The molecule has 1 aromatic heterocycles. The molecular weight excluding hydrogens is 424 g/mol. The molecule has 0 amide bonds. The average Bonchev–Trinajstić information content (AvgIpc) is 3.59. The fraction of sp³-hybridized carbons (Fsp3) is 0.414. The highest BCUT2D eigenvalue weighted by Gasteiger charge is 2.72. The first-order valence-electron chi connectivity index (χ1n) is 12.6. The van der Waals surface area contributed by atoms with E-state index in [-0.39, 0.29) is 11.8 Å². The van der Waals surface area contributed by atoms with Gasteiger partial charge in [0.25, 0.3) is 0 Å². The normalized spacial score (nSPS) is 32.6. The summed E-state index contributed by atoms with van der Waals surface area (Å²) >= 11 is 0. The second kappa shape index (κ2) is 6.41. The first-order valence-corrected chi connectivity index (χ1v) is 12.6. The van der Waals surface area contributed by atoms with E-state index in [0.29, 0.717) is 12.2 Å².